The molecule has 0 fully saturated rings. The molecule has 0 bridgehead atoms. The number of hydrogen-bond acceptors (Lipinski definition) is 5. The summed E-state index contributed by atoms with van der Waals surface area (Å²) in [6.07, 6.45) is 1.76. The molecule has 1 aliphatic rings. The number of amides is 1. The van der Waals surface area contributed by atoms with Crippen molar-refractivity contribution in [3.8, 4) is 17.0 Å². The minimum atomic E-state index is -0.146. The molecule has 0 spiro atoms. The third-order valence-corrected chi connectivity index (χ3v) is 4.99. The lowest BCUT2D eigenvalue weighted by Crippen LogP contribution is -2.25. The normalized spacial score (nSPS) is 13.6. The second-order valence-corrected chi connectivity index (χ2v) is 7.25. The third-order valence-electron chi connectivity index (χ3n) is 4.14. The van der Waals surface area contributed by atoms with E-state index in [-0.39, 0.29) is 12.5 Å². The van der Waals surface area contributed by atoms with Crippen LogP contribution in [-0.2, 0) is 4.79 Å². The monoisotopic (exact) mass is 384 g/mol. The number of hydrogen-bond donors (Lipinski definition) is 1. The van der Waals surface area contributed by atoms with Crippen LogP contribution in [0.2, 0.25) is 0 Å². The van der Waals surface area contributed by atoms with Gasteiger partial charge < -0.3 is 10.1 Å². The van der Waals surface area contributed by atoms with Crippen LogP contribution in [0.4, 0.5) is 5.69 Å². The van der Waals surface area contributed by atoms with Gasteiger partial charge in [-0.25, -0.2) is 4.68 Å². The fourth-order valence-electron chi connectivity index (χ4n) is 2.68. The lowest BCUT2D eigenvalue weighted by atomic mass is 10.1. The quantitative estimate of drug-likeness (QED) is 0.603. The van der Waals surface area contributed by atoms with Crippen LogP contribution in [0.1, 0.15) is 33.6 Å². The largest absolute Gasteiger partial charge is 0.482 e. The smallest absolute Gasteiger partial charge is 0.262 e. The summed E-state index contributed by atoms with van der Waals surface area (Å²) in [6, 6.07) is 5.77. The number of fused-ring (bicyclic) bond motifs is 1. The predicted octanol–water partition coefficient (Wildman–Crippen LogP) is 4.05. The zero-order valence-corrected chi connectivity index (χ0v) is 16.7. The first-order chi connectivity index (χ1) is 13.0. The van der Waals surface area contributed by atoms with E-state index in [4.69, 9.17) is 9.84 Å². The number of nitrogens with one attached hydrogen (secondary N) is 1. The van der Waals surface area contributed by atoms with E-state index in [0.29, 0.717) is 18.0 Å². The van der Waals surface area contributed by atoms with Gasteiger partial charge in [0.05, 0.1) is 17.9 Å². The lowest BCUT2D eigenvalue weighted by molar-refractivity contribution is -0.118. The van der Waals surface area contributed by atoms with E-state index in [0.717, 1.165) is 40.2 Å². The van der Waals surface area contributed by atoms with E-state index in [9.17, 15) is 4.79 Å². The maximum Gasteiger partial charge on any atom is 0.262 e. The maximum atomic E-state index is 11.6. The Morgan fingerprint density at radius 2 is 2.15 bits per heavy atom. The van der Waals surface area contributed by atoms with Crippen molar-refractivity contribution in [1.82, 2.24) is 4.68 Å². The van der Waals surface area contributed by atoms with Gasteiger partial charge in [0.15, 0.2) is 6.61 Å². The van der Waals surface area contributed by atoms with E-state index < -0.39 is 0 Å². The zero-order chi connectivity index (χ0) is 19.4. The molecule has 0 aliphatic carbocycles. The highest BCUT2D eigenvalue weighted by atomic mass is 32.1. The van der Waals surface area contributed by atoms with Gasteiger partial charge in [-0.2, -0.15) is 5.10 Å². The molecule has 2 aromatic rings. The molecule has 142 valence electrons. The number of carbonyl (C=O) groups is 1. The van der Waals surface area contributed by atoms with Gasteiger partial charge in [0, 0.05) is 16.7 Å². The molecule has 1 amide bonds. The number of ether oxygens (including phenoxy) is 1. The molecular weight excluding hydrogens is 360 g/mol. The van der Waals surface area contributed by atoms with Crippen molar-refractivity contribution in [1.29, 1.82) is 0 Å². The molecule has 7 heteroatoms. The Balaban J connectivity index is 2.11. The number of anilines is 1. The second kappa shape index (κ2) is 8.35. The van der Waals surface area contributed by atoms with Crippen LogP contribution in [0.3, 0.4) is 0 Å². The van der Waals surface area contributed by atoms with E-state index in [1.54, 1.807) is 11.3 Å². The van der Waals surface area contributed by atoms with Crippen LogP contribution in [0, 0.1) is 0 Å². The number of carbonyl (C=O) groups excluding carboxylic acids is 1. The molecule has 0 unspecified atom stereocenters. The Morgan fingerprint density at radius 3 is 2.85 bits per heavy atom. The first-order valence-corrected chi connectivity index (χ1v) is 9.89. The van der Waals surface area contributed by atoms with Crippen molar-refractivity contribution < 1.29 is 9.53 Å². The molecule has 27 heavy (non-hydrogen) atoms. The first-order valence-electron chi connectivity index (χ1n) is 9.01. The van der Waals surface area contributed by atoms with Crippen molar-refractivity contribution in [2.45, 2.75) is 33.6 Å². The molecule has 1 N–H and O–H groups in total. The topological polar surface area (TPSA) is 68.0 Å². The van der Waals surface area contributed by atoms with Crippen LogP contribution in [0.25, 0.3) is 11.3 Å². The first kappa shape index (κ1) is 19.1. The summed E-state index contributed by atoms with van der Waals surface area (Å²) < 4.78 is 7.35. The molecule has 0 radical (unpaired) electrons. The summed E-state index contributed by atoms with van der Waals surface area (Å²) >= 11 is 1.54. The van der Waals surface area contributed by atoms with Gasteiger partial charge >= 0.3 is 0 Å². The van der Waals surface area contributed by atoms with Gasteiger partial charge in [0.1, 0.15) is 5.75 Å². The Kier molecular flexibility index (Phi) is 5.91. The van der Waals surface area contributed by atoms with Crippen molar-refractivity contribution in [2.24, 2.45) is 10.1 Å². The Bertz CT molecular complexity index is 963. The molecular formula is C20H24N4O2S. The Labute approximate surface area is 162 Å². The molecule has 6 nitrogen and oxygen atoms in total. The molecule has 1 aromatic carbocycles. The molecule has 3 rings (SSSR count). The molecule has 0 saturated carbocycles. The van der Waals surface area contributed by atoms with E-state index in [2.05, 4.69) is 30.7 Å². The second-order valence-electron chi connectivity index (χ2n) is 6.41. The highest BCUT2D eigenvalue weighted by Gasteiger charge is 2.18. The average molecular weight is 385 g/mol. The standard InChI is InChI=1S/C20H24N4O2S/c1-5-15(6-2)23-24-17(12-27-20(24)21-10-13(3)4)14-7-8-18-16(9-14)22-19(25)11-26-18/h7-9,12H,3,5-6,10-11H2,1-2,4H3,(H,22,25). The molecule has 2 heterocycles. The van der Waals surface area contributed by atoms with Gasteiger partial charge in [-0.3, -0.25) is 9.79 Å². The predicted molar refractivity (Wildman–Crippen MR) is 111 cm³/mol. The van der Waals surface area contributed by atoms with Crippen LogP contribution < -0.4 is 14.9 Å². The molecule has 1 aromatic heterocycles. The summed E-state index contributed by atoms with van der Waals surface area (Å²) in [7, 11) is 0. The average Bonchev–Trinajstić information content (AvgIpc) is 3.06. The van der Waals surface area contributed by atoms with E-state index in [1.807, 2.05) is 35.2 Å². The minimum Gasteiger partial charge on any atom is -0.482 e. The van der Waals surface area contributed by atoms with Crippen LogP contribution in [0.5, 0.6) is 5.75 Å². The van der Waals surface area contributed by atoms with Crippen LogP contribution in [0.15, 0.2) is 45.8 Å². The van der Waals surface area contributed by atoms with Crippen molar-refractivity contribution in [3.05, 3.63) is 40.5 Å². The lowest BCUT2D eigenvalue weighted by Gasteiger charge is -2.18. The number of thiazole rings is 1. The summed E-state index contributed by atoms with van der Waals surface area (Å²) in [5.41, 5.74) is 4.66. The van der Waals surface area contributed by atoms with Crippen molar-refractivity contribution in [3.63, 3.8) is 0 Å². The maximum absolute atomic E-state index is 11.6. The summed E-state index contributed by atoms with van der Waals surface area (Å²) in [5.74, 6) is 0.533. The van der Waals surface area contributed by atoms with Gasteiger partial charge in [-0.15, -0.1) is 11.3 Å². The van der Waals surface area contributed by atoms with Crippen molar-refractivity contribution in [2.75, 3.05) is 18.5 Å². The minimum absolute atomic E-state index is 0.0510. The molecule has 1 aliphatic heterocycles. The van der Waals surface area contributed by atoms with Crippen LogP contribution >= 0.6 is 11.3 Å². The zero-order valence-electron chi connectivity index (χ0n) is 15.9. The third kappa shape index (κ3) is 4.36. The molecule has 0 saturated heterocycles. The number of nitrogens with zero attached hydrogens (tertiary/aromatic N) is 3. The summed E-state index contributed by atoms with van der Waals surface area (Å²) in [6.45, 7) is 10.7. The highest BCUT2D eigenvalue weighted by Crippen LogP contribution is 2.32. The van der Waals surface area contributed by atoms with Crippen LogP contribution in [-0.4, -0.2) is 29.4 Å². The summed E-state index contributed by atoms with van der Waals surface area (Å²) in [4.78, 5) is 17.1. The number of rotatable bonds is 6. The van der Waals surface area contributed by atoms with Gasteiger partial charge in [-0.05, 0) is 38.0 Å². The number of benzene rings is 1. The fraction of sp³-hybridized carbons (Fsp3) is 0.350. The van der Waals surface area contributed by atoms with Crippen molar-refractivity contribution >= 4 is 28.6 Å². The Morgan fingerprint density at radius 1 is 1.37 bits per heavy atom. The van der Waals surface area contributed by atoms with E-state index >= 15 is 0 Å². The summed E-state index contributed by atoms with van der Waals surface area (Å²) in [5, 5.41) is 9.74. The SMILES string of the molecule is C=C(C)CN=c1scc(-c2ccc3c(c2)NC(=O)CO3)n1N=C(CC)CC. The van der Waals surface area contributed by atoms with Gasteiger partial charge in [0.2, 0.25) is 4.80 Å². The van der Waals surface area contributed by atoms with Gasteiger partial charge in [-0.1, -0.05) is 26.0 Å². The molecule has 0 atom stereocenters. The number of aromatic nitrogens is 1. The fourth-order valence-corrected chi connectivity index (χ4v) is 3.51. The Hall–Kier alpha value is -2.67. The van der Waals surface area contributed by atoms with Gasteiger partial charge in [0.25, 0.3) is 5.91 Å². The highest BCUT2D eigenvalue weighted by molar-refractivity contribution is 7.07. The van der Waals surface area contributed by atoms with E-state index in [1.165, 1.54) is 0 Å².